The summed E-state index contributed by atoms with van der Waals surface area (Å²) in [7, 11) is 0. The molecule has 1 aliphatic carbocycles. The molecule has 6 heteroatoms. The van der Waals surface area contributed by atoms with E-state index in [0.29, 0.717) is 29.2 Å². The molecule has 2 N–H and O–H groups in total. The van der Waals surface area contributed by atoms with Crippen LogP contribution in [0.4, 0.5) is 8.78 Å². The van der Waals surface area contributed by atoms with Crippen LogP contribution in [0.2, 0.25) is 0 Å². The van der Waals surface area contributed by atoms with Crippen molar-refractivity contribution >= 4 is 12.0 Å². The molecule has 0 bridgehead atoms. The van der Waals surface area contributed by atoms with Gasteiger partial charge in [-0.25, -0.2) is 8.78 Å². The smallest absolute Gasteiger partial charge is 0.270 e. The van der Waals surface area contributed by atoms with Crippen LogP contribution in [0.3, 0.4) is 0 Å². The van der Waals surface area contributed by atoms with E-state index >= 15 is 0 Å². The quantitative estimate of drug-likeness (QED) is 0.599. The van der Waals surface area contributed by atoms with Crippen LogP contribution < -0.4 is 10.9 Å². The summed E-state index contributed by atoms with van der Waals surface area (Å²) in [5.41, 5.74) is 2.58. The van der Waals surface area contributed by atoms with Crippen LogP contribution in [0.15, 0.2) is 47.3 Å². The minimum absolute atomic E-state index is 0.0747. The number of hydrogen-bond donors (Lipinski definition) is 2. The summed E-state index contributed by atoms with van der Waals surface area (Å²) in [6.45, 7) is 2.87. The van der Waals surface area contributed by atoms with Crippen molar-refractivity contribution in [2.24, 2.45) is 0 Å². The zero-order valence-corrected chi connectivity index (χ0v) is 16.7. The highest BCUT2D eigenvalue weighted by Crippen LogP contribution is 2.38. The average Bonchev–Trinajstić information content (AvgIpc) is 3.51. The van der Waals surface area contributed by atoms with E-state index in [-0.39, 0.29) is 17.2 Å². The third-order valence-corrected chi connectivity index (χ3v) is 5.20. The molecule has 1 aromatic carbocycles. The van der Waals surface area contributed by atoms with Gasteiger partial charge < -0.3 is 10.3 Å². The van der Waals surface area contributed by atoms with Crippen molar-refractivity contribution in [2.45, 2.75) is 57.4 Å². The largest absolute Gasteiger partial charge is 0.352 e. The molecule has 29 heavy (non-hydrogen) atoms. The zero-order valence-electron chi connectivity index (χ0n) is 16.7. The molecule has 3 rings (SSSR count). The lowest BCUT2D eigenvalue weighted by molar-refractivity contribution is -0.109. The van der Waals surface area contributed by atoms with Gasteiger partial charge >= 0.3 is 0 Å². The van der Waals surface area contributed by atoms with E-state index in [0.717, 1.165) is 38.2 Å². The highest BCUT2D eigenvalue weighted by Gasteiger charge is 2.27. The first-order valence-corrected chi connectivity index (χ1v) is 9.97. The summed E-state index contributed by atoms with van der Waals surface area (Å²) in [4.78, 5) is 26.5. The summed E-state index contributed by atoms with van der Waals surface area (Å²) in [5.74, 6) is -2.59. The topological polar surface area (TPSA) is 62.0 Å². The number of carbonyl (C=O) groups is 1. The number of H-pyrrole nitrogens is 1. The number of benzene rings is 1. The van der Waals surface area contributed by atoms with E-state index in [9.17, 15) is 18.4 Å². The van der Waals surface area contributed by atoms with Gasteiger partial charge in [-0.1, -0.05) is 49.8 Å². The van der Waals surface area contributed by atoms with E-state index in [2.05, 4.69) is 10.3 Å². The highest BCUT2D eigenvalue weighted by molar-refractivity contribution is 5.78. The lowest BCUT2D eigenvalue weighted by Crippen LogP contribution is -2.26. The van der Waals surface area contributed by atoms with Gasteiger partial charge in [0.25, 0.3) is 11.5 Å². The summed E-state index contributed by atoms with van der Waals surface area (Å²) >= 11 is 0. The summed E-state index contributed by atoms with van der Waals surface area (Å²) < 4.78 is 27.2. The molecule has 1 aliphatic rings. The first-order chi connectivity index (χ1) is 13.8. The molecule has 0 radical (unpaired) electrons. The van der Waals surface area contributed by atoms with Crippen molar-refractivity contribution in [1.29, 1.82) is 0 Å². The Hall–Kier alpha value is -2.76. The van der Waals surface area contributed by atoms with Gasteiger partial charge in [0.1, 0.15) is 0 Å². The fourth-order valence-corrected chi connectivity index (χ4v) is 3.46. The molecule has 1 amide bonds. The molecule has 4 nitrogen and oxygen atoms in total. The SMILES string of the molecule is CCCC(/C=C(/c1ccc(C(C)(F)F)cc1)c1ccc(C2CC2)c(=O)[nH]1)NC=O. The molecular weight excluding hydrogens is 374 g/mol. The second-order valence-electron chi connectivity index (χ2n) is 7.66. The molecule has 0 aliphatic heterocycles. The van der Waals surface area contributed by atoms with Crippen LogP contribution in [0, 0.1) is 0 Å². The molecule has 1 heterocycles. The maximum Gasteiger partial charge on any atom is 0.270 e. The molecule has 0 saturated heterocycles. The van der Waals surface area contributed by atoms with Crippen LogP contribution in [0.5, 0.6) is 0 Å². The standard InChI is InChI=1S/C23H26F2N2O2/c1-3-4-18(26-14-28)13-20(16-7-9-17(10-8-16)23(2,24)25)21-12-11-19(15-5-6-15)22(29)27-21/h7-15,18H,3-6H2,1-2H3,(H,26,28)(H,27,29)/b20-13-. The number of nitrogens with one attached hydrogen (secondary N) is 2. The third kappa shape index (κ3) is 5.19. The van der Waals surface area contributed by atoms with Crippen LogP contribution in [0.1, 0.15) is 67.8 Å². The Morgan fingerprint density at radius 3 is 2.45 bits per heavy atom. The van der Waals surface area contributed by atoms with Gasteiger partial charge in [-0.15, -0.1) is 0 Å². The Labute approximate surface area is 169 Å². The van der Waals surface area contributed by atoms with Crippen LogP contribution in [-0.2, 0) is 10.7 Å². The Morgan fingerprint density at radius 1 is 1.24 bits per heavy atom. The summed E-state index contributed by atoms with van der Waals surface area (Å²) in [5, 5.41) is 2.77. The third-order valence-electron chi connectivity index (χ3n) is 5.20. The first-order valence-electron chi connectivity index (χ1n) is 9.97. The van der Waals surface area contributed by atoms with Gasteiger partial charge in [0, 0.05) is 35.4 Å². The Bertz CT molecular complexity index is 939. The van der Waals surface area contributed by atoms with Gasteiger partial charge in [0.2, 0.25) is 6.41 Å². The number of aromatic nitrogens is 1. The van der Waals surface area contributed by atoms with E-state index in [1.165, 1.54) is 12.1 Å². The first kappa shape index (κ1) is 21.0. The van der Waals surface area contributed by atoms with Crippen LogP contribution >= 0.6 is 0 Å². The maximum absolute atomic E-state index is 13.6. The number of carbonyl (C=O) groups excluding carboxylic acids is 1. The van der Waals surface area contributed by atoms with Crippen molar-refractivity contribution in [3.63, 3.8) is 0 Å². The minimum Gasteiger partial charge on any atom is -0.352 e. The van der Waals surface area contributed by atoms with Crippen LogP contribution in [0.25, 0.3) is 5.57 Å². The normalized spacial score (nSPS) is 15.8. The number of amides is 1. The molecule has 2 aromatic rings. The molecule has 1 aromatic heterocycles. The predicted octanol–water partition coefficient (Wildman–Crippen LogP) is 4.71. The number of pyridine rings is 1. The number of aromatic amines is 1. The van der Waals surface area contributed by atoms with Crippen molar-refractivity contribution < 1.29 is 13.6 Å². The molecule has 1 unspecified atom stereocenters. The zero-order chi connectivity index (χ0) is 21.0. The number of alkyl halides is 2. The van der Waals surface area contributed by atoms with Crippen molar-refractivity contribution in [2.75, 3.05) is 0 Å². The molecule has 0 spiro atoms. The molecule has 1 fully saturated rings. The van der Waals surface area contributed by atoms with Gasteiger partial charge in [0.15, 0.2) is 0 Å². The Morgan fingerprint density at radius 2 is 1.93 bits per heavy atom. The van der Waals surface area contributed by atoms with Gasteiger partial charge in [-0.05, 0) is 36.8 Å². The number of hydrogen-bond acceptors (Lipinski definition) is 2. The summed E-state index contributed by atoms with van der Waals surface area (Å²) in [6, 6.07) is 9.49. The number of rotatable bonds is 9. The van der Waals surface area contributed by atoms with Gasteiger partial charge in [-0.2, -0.15) is 0 Å². The summed E-state index contributed by atoms with van der Waals surface area (Å²) in [6.07, 6.45) is 6.15. The van der Waals surface area contributed by atoms with E-state index in [1.54, 1.807) is 12.1 Å². The number of halogens is 2. The lowest BCUT2D eigenvalue weighted by atomic mass is 9.96. The lowest BCUT2D eigenvalue weighted by Gasteiger charge is -2.17. The minimum atomic E-state index is -2.92. The predicted molar refractivity (Wildman–Crippen MR) is 110 cm³/mol. The fraction of sp³-hybridized carbons (Fsp3) is 0.391. The monoisotopic (exact) mass is 400 g/mol. The Kier molecular flexibility index (Phi) is 6.30. The van der Waals surface area contributed by atoms with Gasteiger partial charge in [0.05, 0.1) is 0 Å². The highest BCUT2D eigenvalue weighted by atomic mass is 19.3. The second kappa shape index (κ2) is 8.72. The van der Waals surface area contributed by atoms with Crippen LogP contribution in [-0.4, -0.2) is 17.4 Å². The van der Waals surface area contributed by atoms with Gasteiger partial charge in [-0.3, -0.25) is 9.59 Å². The Balaban J connectivity index is 2.05. The molecule has 154 valence electrons. The van der Waals surface area contributed by atoms with E-state index in [1.807, 2.05) is 25.1 Å². The second-order valence-corrected chi connectivity index (χ2v) is 7.66. The average molecular weight is 400 g/mol. The molecular formula is C23H26F2N2O2. The molecule has 1 saturated carbocycles. The fourth-order valence-electron chi connectivity index (χ4n) is 3.46. The van der Waals surface area contributed by atoms with E-state index < -0.39 is 5.92 Å². The molecule has 1 atom stereocenters. The van der Waals surface area contributed by atoms with Crippen molar-refractivity contribution in [1.82, 2.24) is 10.3 Å². The van der Waals surface area contributed by atoms with Crippen molar-refractivity contribution in [3.8, 4) is 0 Å². The van der Waals surface area contributed by atoms with Crippen molar-refractivity contribution in [3.05, 3.63) is 75.2 Å². The maximum atomic E-state index is 13.6. The van der Waals surface area contributed by atoms with E-state index in [4.69, 9.17) is 0 Å².